The number of carbonyl (C=O) groups is 1. The van der Waals surface area contributed by atoms with Gasteiger partial charge in [-0.3, -0.25) is 4.79 Å². The first-order chi connectivity index (χ1) is 10.7. The fourth-order valence-electron chi connectivity index (χ4n) is 2.25. The van der Waals surface area contributed by atoms with Crippen molar-refractivity contribution in [2.75, 3.05) is 13.6 Å². The molecule has 0 unspecified atom stereocenters. The quantitative estimate of drug-likeness (QED) is 0.743. The molecule has 0 spiro atoms. The molecule has 0 atom stereocenters. The SMILES string of the molecule is CCCCN(C)C(=O)Cc1csc(CCc2ccccc2)n1. The fraction of sp³-hybridized carbons (Fsp3) is 0.444. The second-order valence-electron chi connectivity index (χ2n) is 5.56. The van der Waals surface area contributed by atoms with E-state index < -0.39 is 0 Å². The summed E-state index contributed by atoms with van der Waals surface area (Å²) >= 11 is 1.66. The van der Waals surface area contributed by atoms with E-state index in [2.05, 4.69) is 36.2 Å². The summed E-state index contributed by atoms with van der Waals surface area (Å²) in [6.45, 7) is 2.97. The Hall–Kier alpha value is -1.68. The van der Waals surface area contributed by atoms with Gasteiger partial charge in [0.15, 0.2) is 0 Å². The Morgan fingerprint density at radius 1 is 1.23 bits per heavy atom. The second kappa shape index (κ2) is 8.69. The maximum atomic E-state index is 12.1. The summed E-state index contributed by atoms with van der Waals surface area (Å²) in [4.78, 5) is 18.5. The number of aryl methyl sites for hydroxylation is 2. The van der Waals surface area contributed by atoms with Crippen molar-refractivity contribution in [3.63, 3.8) is 0 Å². The normalized spacial score (nSPS) is 10.6. The summed E-state index contributed by atoms with van der Waals surface area (Å²) in [6.07, 6.45) is 4.52. The number of rotatable bonds is 8. The van der Waals surface area contributed by atoms with Crippen LogP contribution in [0, 0.1) is 0 Å². The van der Waals surface area contributed by atoms with E-state index >= 15 is 0 Å². The van der Waals surface area contributed by atoms with Crippen LogP contribution in [0.5, 0.6) is 0 Å². The monoisotopic (exact) mass is 316 g/mol. The molecule has 0 bridgehead atoms. The standard InChI is InChI=1S/C18H24N2OS/c1-3-4-12-20(2)18(21)13-16-14-22-17(19-16)11-10-15-8-6-5-7-9-15/h5-9,14H,3-4,10-13H2,1-2H3. The highest BCUT2D eigenvalue weighted by Crippen LogP contribution is 2.14. The Bertz CT molecular complexity index is 580. The highest BCUT2D eigenvalue weighted by molar-refractivity contribution is 7.09. The maximum Gasteiger partial charge on any atom is 0.228 e. The molecule has 3 nitrogen and oxygen atoms in total. The van der Waals surface area contributed by atoms with Crippen molar-refractivity contribution in [2.24, 2.45) is 0 Å². The van der Waals surface area contributed by atoms with Crippen LogP contribution in [0.2, 0.25) is 0 Å². The van der Waals surface area contributed by atoms with Gasteiger partial charge >= 0.3 is 0 Å². The van der Waals surface area contributed by atoms with Crippen LogP contribution in [0.1, 0.15) is 36.0 Å². The summed E-state index contributed by atoms with van der Waals surface area (Å²) in [6, 6.07) is 10.4. The molecule has 0 aliphatic carbocycles. The molecule has 1 aromatic carbocycles. The third kappa shape index (κ3) is 5.26. The Labute approximate surface area is 137 Å². The van der Waals surface area contributed by atoms with E-state index in [0.717, 1.165) is 42.9 Å². The number of likely N-dealkylation sites (N-methyl/N-ethyl adjacent to an activating group) is 1. The molecule has 118 valence electrons. The summed E-state index contributed by atoms with van der Waals surface area (Å²) < 4.78 is 0. The van der Waals surface area contributed by atoms with Crippen LogP contribution in [0.3, 0.4) is 0 Å². The zero-order valence-electron chi connectivity index (χ0n) is 13.4. The molecule has 0 N–H and O–H groups in total. The van der Waals surface area contributed by atoms with Crippen LogP contribution in [-0.2, 0) is 24.1 Å². The summed E-state index contributed by atoms with van der Waals surface area (Å²) in [5.74, 6) is 0.161. The van der Waals surface area contributed by atoms with Crippen LogP contribution < -0.4 is 0 Å². The number of nitrogens with zero attached hydrogens (tertiary/aromatic N) is 2. The lowest BCUT2D eigenvalue weighted by Crippen LogP contribution is -2.29. The van der Waals surface area contributed by atoms with Crippen LogP contribution >= 0.6 is 11.3 Å². The predicted molar refractivity (Wildman–Crippen MR) is 92.2 cm³/mol. The Kier molecular flexibility index (Phi) is 6.59. The minimum Gasteiger partial charge on any atom is -0.345 e. The van der Waals surface area contributed by atoms with Gasteiger partial charge in [-0.1, -0.05) is 43.7 Å². The minimum absolute atomic E-state index is 0.161. The zero-order valence-corrected chi connectivity index (χ0v) is 14.2. The molecule has 0 aliphatic heterocycles. The van der Waals surface area contributed by atoms with Gasteiger partial charge < -0.3 is 4.90 Å². The number of carbonyl (C=O) groups excluding carboxylic acids is 1. The average Bonchev–Trinajstić information content (AvgIpc) is 2.99. The number of unbranched alkanes of at least 4 members (excludes halogenated alkanes) is 1. The molecule has 2 rings (SSSR count). The van der Waals surface area contributed by atoms with Crippen LogP contribution in [0.4, 0.5) is 0 Å². The second-order valence-corrected chi connectivity index (χ2v) is 6.51. The third-order valence-electron chi connectivity index (χ3n) is 3.67. The molecule has 0 radical (unpaired) electrons. The first-order valence-corrected chi connectivity index (χ1v) is 8.78. The van der Waals surface area contributed by atoms with E-state index in [-0.39, 0.29) is 5.91 Å². The zero-order chi connectivity index (χ0) is 15.8. The van der Waals surface area contributed by atoms with Gasteiger partial charge in [-0.25, -0.2) is 4.98 Å². The molecule has 1 amide bonds. The number of aromatic nitrogens is 1. The fourth-order valence-corrected chi connectivity index (χ4v) is 3.05. The molecule has 4 heteroatoms. The molecule has 1 heterocycles. The van der Waals surface area contributed by atoms with E-state index in [1.165, 1.54) is 5.56 Å². The van der Waals surface area contributed by atoms with E-state index in [0.29, 0.717) is 6.42 Å². The van der Waals surface area contributed by atoms with Gasteiger partial charge in [0.2, 0.25) is 5.91 Å². The highest BCUT2D eigenvalue weighted by atomic mass is 32.1. The summed E-state index contributed by atoms with van der Waals surface area (Å²) in [5, 5.41) is 3.13. The van der Waals surface area contributed by atoms with Gasteiger partial charge in [0.25, 0.3) is 0 Å². The van der Waals surface area contributed by atoms with E-state index in [1.807, 2.05) is 23.4 Å². The van der Waals surface area contributed by atoms with Gasteiger partial charge in [-0.05, 0) is 18.4 Å². The molecule has 0 aliphatic rings. The van der Waals surface area contributed by atoms with Gasteiger partial charge in [0, 0.05) is 25.4 Å². The lowest BCUT2D eigenvalue weighted by atomic mass is 10.1. The third-order valence-corrected chi connectivity index (χ3v) is 4.63. The smallest absolute Gasteiger partial charge is 0.228 e. The van der Waals surface area contributed by atoms with Crippen LogP contribution in [0.15, 0.2) is 35.7 Å². The molecule has 2 aromatic rings. The van der Waals surface area contributed by atoms with Crippen molar-refractivity contribution in [2.45, 2.75) is 39.0 Å². The van der Waals surface area contributed by atoms with Crippen molar-refractivity contribution in [1.82, 2.24) is 9.88 Å². The number of hydrogen-bond donors (Lipinski definition) is 0. The topological polar surface area (TPSA) is 33.2 Å². The van der Waals surface area contributed by atoms with Gasteiger partial charge in [0.05, 0.1) is 17.1 Å². The Morgan fingerprint density at radius 3 is 2.73 bits per heavy atom. The van der Waals surface area contributed by atoms with Crippen molar-refractivity contribution in [3.8, 4) is 0 Å². The van der Waals surface area contributed by atoms with Gasteiger partial charge in [-0.15, -0.1) is 11.3 Å². The first-order valence-electron chi connectivity index (χ1n) is 7.90. The molecule has 22 heavy (non-hydrogen) atoms. The highest BCUT2D eigenvalue weighted by Gasteiger charge is 2.11. The average molecular weight is 316 g/mol. The van der Waals surface area contributed by atoms with Crippen molar-refractivity contribution in [1.29, 1.82) is 0 Å². The van der Waals surface area contributed by atoms with Crippen LogP contribution in [0.25, 0.3) is 0 Å². The van der Waals surface area contributed by atoms with Crippen LogP contribution in [-0.4, -0.2) is 29.4 Å². The number of benzene rings is 1. The molecular formula is C18H24N2OS. The molecule has 1 aromatic heterocycles. The van der Waals surface area contributed by atoms with Gasteiger partial charge in [-0.2, -0.15) is 0 Å². The minimum atomic E-state index is 0.161. The summed E-state index contributed by atoms with van der Waals surface area (Å²) in [5.41, 5.74) is 2.23. The number of thiazole rings is 1. The first kappa shape index (κ1) is 16.7. The molecular weight excluding hydrogens is 292 g/mol. The van der Waals surface area contributed by atoms with Crippen molar-refractivity contribution >= 4 is 17.2 Å². The number of hydrogen-bond acceptors (Lipinski definition) is 3. The molecule has 0 saturated carbocycles. The predicted octanol–water partition coefficient (Wildman–Crippen LogP) is 3.73. The lowest BCUT2D eigenvalue weighted by molar-refractivity contribution is -0.129. The van der Waals surface area contributed by atoms with E-state index in [4.69, 9.17) is 0 Å². The van der Waals surface area contributed by atoms with Crippen molar-refractivity contribution in [3.05, 3.63) is 52.0 Å². The molecule has 0 saturated heterocycles. The number of amides is 1. The van der Waals surface area contributed by atoms with Crippen molar-refractivity contribution < 1.29 is 4.79 Å². The lowest BCUT2D eigenvalue weighted by Gasteiger charge is -2.15. The maximum absolute atomic E-state index is 12.1. The largest absolute Gasteiger partial charge is 0.345 e. The molecule has 0 fully saturated rings. The van der Waals surface area contributed by atoms with Gasteiger partial charge in [0.1, 0.15) is 0 Å². The Balaban J connectivity index is 1.82. The van der Waals surface area contributed by atoms with E-state index in [9.17, 15) is 4.79 Å². The Morgan fingerprint density at radius 2 is 2.00 bits per heavy atom. The summed E-state index contributed by atoms with van der Waals surface area (Å²) in [7, 11) is 1.88. The van der Waals surface area contributed by atoms with E-state index in [1.54, 1.807) is 11.3 Å².